The molecule has 6 nitrogen and oxygen atoms in total. The fourth-order valence-electron chi connectivity index (χ4n) is 5.24. The van der Waals surface area contributed by atoms with Crippen LogP contribution in [0.15, 0.2) is 51.9 Å². The number of ether oxygens (including phenoxy) is 1. The summed E-state index contributed by atoms with van der Waals surface area (Å²) in [6.45, 7) is 13.1. The molecule has 0 saturated heterocycles. The molecule has 1 aromatic carbocycles. The number of nitrogens with zero attached hydrogens (tertiary/aromatic N) is 2. The van der Waals surface area contributed by atoms with Gasteiger partial charge in [-0.25, -0.2) is 9.36 Å². The first-order chi connectivity index (χ1) is 16.3. The number of fused-ring (bicyclic) bond motifs is 2. The zero-order valence-corrected chi connectivity index (χ0v) is 22.0. The van der Waals surface area contributed by atoms with Crippen LogP contribution in [0.5, 0.6) is 0 Å². The van der Waals surface area contributed by atoms with Crippen LogP contribution < -0.4 is 15.1 Å². The summed E-state index contributed by atoms with van der Waals surface area (Å²) >= 11 is 0. The van der Waals surface area contributed by atoms with Gasteiger partial charge in [0, 0.05) is 41.7 Å². The van der Waals surface area contributed by atoms with Crippen molar-refractivity contribution in [3.8, 4) is 11.1 Å². The van der Waals surface area contributed by atoms with Gasteiger partial charge in [0.15, 0.2) is 12.4 Å². The Morgan fingerprint density at radius 2 is 2.00 bits per heavy atom. The van der Waals surface area contributed by atoms with E-state index in [0.717, 1.165) is 29.6 Å². The molecular formula is C29H37N2O4+. The van der Waals surface area contributed by atoms with Crippen LogP contribution in [0.1, 0.15) is 72.3 Å². The molecule has 2 aromatic heterocycles. The van der Waals surface area contributed by atoms with Gasteiger partial charge in [0.05, 0.1) is 11.1 Å². The van der Waals surface area contributed by atoms with Gasteiger partial charge < -0.3 is 14.1 Å². The number of rotatable bonds is 5. The number of benzene rings is 1. The fraction of sp³-hybridized carbons (Fsp3) is 0.483. The smallest absolute Gasteiger partial charge is 0.344 e. The number of aryl methyl sites for hydroxylation is 1. The standard InChI is InChI=1S/C29H37N2O4/c1-19-17-29(5,6)31(13-9-11-26(32)35-28(2,3)4)24-16-25-21(14-22(19)24)15-23(27(33)34-25)20-10-8-12-30(7)18-20/h8,10,12,14-16,18-19H,9,11,13,17H2,1-7H3/q+1. The van der Waals surface area contributed by atoms with Gasteiger partial charge in [0.2, 0.25) is 0 Å². The third-order valence-electron chi connectivity index (χ3n) is 6.67. The third kappa shape index (κ3) is 5.42. The highest BCUT2D eigenvalue weighted by Gasteiger charge is 2.36. The molecule has 3 aromatic rings. The average molecular weight is 478 g/mol. The Morgan fingerprint density at radius 3 is 2.69 bits per heavy atom. The number of aromatic nitrogens is 1. The molecule has 0 bridgehead atoms. The normalized spacial score (nSPS) is 17.3. The van der Waals surface area contributed by atoms with Crippen LogP contribution in [0.2, 0.25) is 0 Å². The fourth-order valence-corrected chi connectivity index (χ4v) is 5.24. The lowest BCUT2D eigenvalue weighted by atomic mass is 9.79. The van der Waals surface area contributed by atoms with E-state index in [1.807, 2.05) is 69.0 Å². The van der Waals surface area contributed by atoms with Crippen LogP contribution in [-0.2, 0) is 16.6 Å². The highest BCUT2D eigenvalue weighted by molar-refractivity contribution is 5.87. The highest BCUT2D eigenvalue weighted by atomic mass is 16.6. The molecule has 0 fully saturated rings. The van der Waals surface area contributed by atoms with E-state index in [4.69, 9.17) is 9.15 Å². The molecule has 0 radical (unpaired) electrons. The largest absolute Gasteiger partial charge is 0.460 e. The molecule has 3 heterocycles. The van der Waals surface area contributed by atoms with Crippen LogP contribution >= 0.6 is 0 Å². The van der Waals surface area contributed by atoms with E-state index in [1.54, 1.807) is 0 Å². The minimum Gasteiger partial charge on any atom is -0.460 e. The second-order valence-corrected chi connectivity index (χ2v) is 11.4. The summed E-state index contributed by atoms with van der Waals surface area (Å²) in [6, 6.07) is 9.96. The maximum absolute atomic E-state index is 12.9. The Labute approximate surface area is 207 Å². The van der Waals surface area contributed by atoms with Gasteiger partial charge in [-0.15, -0.1) is 0 Å². The van der Waals surface area contributed by atoms with E-state index in [2.05, 4.69) is 31.7 Å². The Balaban J connectivity index is 1.68. The summed E-state index contributed by atoms with van der Waals surface area (Å²) in [5.74, 6) is 0.184. The van der Waals surface area contributed by atoms with Gasteiger partial charge in [0.1, 0.15) is 18.2 Å². The van der Waals surface area contributed by atoms with Crippen LogP contribution in [0, 0.1) is 0 Å². The zero-order chi connectivity index (χ0) is 25.5. The van der Waals surface area contributed by atoms with E-state index in [9.17, 15) is 9.59 Å². The first-order valence-corrected chi connectivity index (χ1v) is 12.4. The number of hydrogen-bond donors (Lipinski definition) is 0. The molecule has 0 N–H and O–H groups in total. The summed E-state index contributed by atoms with van der Waals surface area (Å²) in [5.41, 5.74) is 3.39. The van der Waals surface area contributed by atoms with Gasteiger partial charge in [-0.1, -0.05) is 6.92 Å². The average Bonchev–Trinajstić information content (AvgIpc) is 2.73. The summed E-state index contributed by atoms with van der Waals surface area (Å²) in [4.78, 5) is 27.5. The molecule has 1 aliphatic rings. The minimum atomic E-state index is -0.476. The predicted molar refractivity (Wildman–Crippen MR) is 139 cm³/mol. The summed E-state index contributed by atoms with van der Waals surface area (Å²) in [5, 5.41) is 0.921. The van der Waals surface area contributed by atoms with Crippen molar-refractivity contribution in [3.05, 3.63) is 58.7 Å². The van der Waals surface area contributed by atoms with Crippen molar-refractivity contribution in [1.82, 2.24) is 0 Å². The van der Waals surface area contributed by atoms with E-state index in [1.165, 1.54) is 5.56 Å². The topological polar surface area (TPSA) is 63.6 Å². The van der Waals surface area contributed by atoms with Crippen molar-refractivity contribution in [3.63, 3.8) is 0 Å². The second-order valence-electron chi connectivity index (χ2n) is 11.4. The maximum atomic E-state index is 12.9. The molecule has 186 valence electrons. The third-order valence-corrected chi connectivity index (χ3v) is 6.67. The van der Waals surface area contributed by atoms with Gasteiger partial charge >= 0.3 is 11.6 Å². The Bertz CT molecular complexity index is 1320. The Morgan fingerprint density at radius 1 is 1.26 bits per heavy atom. The molecule has 1 atom stereocenters. The molecule has 0 aliphatic carbocycles. The molecule has 6 heteroatoms. The van der Waals surface area contributed by atoms with Gasteiger partial charge in [0.25, 0.3) is 0 Å². The lowest BCUT2D eigenvalue weighted by Gasteiger charge is -2.47. The van der Waals surface area contributed by atoms with Crippen LogP contribution in [0.25, 0.3) is 22.1 Å². The van der Waals surface area contributed by atoms with E-state index >= 15 is 0 Å². The monoisotopic (exact) mass is 477 g/mol. The number of carbonyl (C=O) groups is 1. The molecule has 35 heavy (non-hydrogen) atoms. The lowest BCUT2D eigenvalue weighted by molar-refractivity contribution is -0.671. The van der Waals surface area contributed by atoms with E-state index < -0.39 is 5.60 Å². The Kier molecular flexibility index (Phi) is 6.52. The van der Waals surface area contributed by atoms with Gasteiger partial charge in [-0.3, -0.25) is 4.79 Å². The molecule has 0 saturated carbocycles. The van der Waals surface area contributed by atoms with Crippen LogP contribution in [-0.4, -0.2) is 23.7 Å². The molecule has 0 amide bonds. The van der Waals surface area contributed by atoms with Crippen molar-refractivity contribution in [1.29, 1.82) is 0 Å². The van der Waals surface area contributed by atoms with Crippen molar-refractivity contribution < 1.29 is 18.5 Å². The SMILES string of the molecule is CC1CC(C)(C)N(CCCC(=O)OC(C)(C)C)c2cc3oc(=O)c(-c4ccc[n+](C)c4)cc3cc21. The number of carbonyl (C=O) groups excluding carboxylic acids is 1. The van der Waals surface area contributed by atoms with Crippen molar-refractivity contribution >= 4 is 22.6 Å². The lowest BCUT2D eigenvalue weighted by Crippen LogP contribution is -2.48. The summed E-state index contributed by atoms with van der Waals surface area (Å²) in [6.07, 6.45) is 5.92. The molecule has 0 spiro atoms. The zero-order valence-electron chi connectivity index (χ0n) is 22.0. The predicted octanol–water partition coefficient (Wildman–Crippen LogP) is 5.50. The number of anilines is 1. The number of hydrogen-bond acceptors (Lipinski definition) is 5. The summed E-state index contributed by atoms with van der Waals surface area (Å²) in [7, 11) is 1.93. The van der Waals surface area contributed by atoms with E-state index in [-0.39, 0.29) is 17.1 Å². The molecule has 1 aliphatic heterocycles. The van der Waals surface area contributed by atoms with Crippen molar-refractivity contribution in [2.45, 2.75) is 77.9 Å². The number of pyridine rings is 1. The maximum Gasteiger partial charge on any atom is 0.344 e. The first kappa shape index (κ1) is 25.0. The highest BCUT2D eigenvalue weighted by Crippen LogP contribution is 2.45. The molecule has 1 unspecified atom stereocenters. The van der Waals surface area contributed by atoms with Crippen LogP contribution in [0.4, 0.5) is 5.69 Å². The van der Waals surface area contributed by atoms with Gasteiger partial charge in [-0.2, -0.15) is 0 Å². The van der Waals surface area contributed by atoms with E-state index in [0.29, 0.717) is 29.9 Å². The van der Waals surface area contributed by atoms with Crippen molar-refractivity contribution in [2.75, 3.05) is 11.4 Å². The second kappa shape index (κ2) is 9.14. The van der Waals surface area contributed by atoms with Crippen LogP contribution in [0.3, 0.4) is 0 Å². The first-order valence-electron chi connectivity index (χ1n) is 12.4. The van der Waals surface area contributed by atoms with Gasteiger partial charge in [-0.05, 0) is 77.1 Å². The quantitative estimate of drug-likeness (QED) is 0.276. The molecular weight excluding hydrogens is 440 g/mol. The Hall–Kier alpha value is -3.15. The number of esters is 1. The summed E-state index contributed by atoms with van der Waals surface area (Å²) < 4.78 is 13.2. The molecule has 4 rings (SSSR count). The van der Waals surface area contributed by atoms with Crippen molar-refractivity contribution in [2.24, 2.45) is 7.05 Å². The minimum absolute atomic E-state index is 0.0902.